The Morgan fingerprint density at radius 1 is 1.41 bits per heavy atom. The second-order valence-electron chi connectivity index (χ2n) is 4.80. The van der Waals surface area contributed by atoms with Crippen LogP contribution >= 0.6 is 23.2 Å². The maximum atomic E-state index is 6.01. The van der Waals surface area contributed by atoms with Crippen molar-refractivity contribution in [1.82, 2.24) is 4.98 Å². The summed E-state index contributed by atoms with van der Waals surface area (Å²) < 4.78 is 0. The van der Waals surface area contributed by atoms with Crippen LogP contribution in [0.15, 0.2) is 12.3 Å². The third-order valence-corrected chi connectivity index (χ3v) is 4.09. The van der Waals surface area contributed by atoms with E-state index in [2.05, 4.69) is 16.9 Å². The normalized spacial score (nSPS) is 16.4. The Labute approximate surface area is 113 Å². The molecule has 4 heteroatoms. The number of aromatic nitrogens is 1. The molecule has 0 spiro atoms. The number of hydrogen-bond donors (Lipinski definition) is 0. The Hall–Kier alpha value is -0.470. The van der Waals surface area contributed by atoms with Crippen molar-refractivity contribution in [1.29, 1.82) is 0 Å². The first-order valence-corrected chi connectivity index (χ1v) is 7.03. The number of pyridine rings is 1. The van der Waals surface area contributed by atoms with E-state index in [1.165, 1.54) is 25.7 Å². The average molecular weight is 273 g/mol. The number of hydrogen-bond acceptors (Lipinski definition) is 2. The van der Waals surface area contributed by atoms with Crippen LogP contribution in [0.2, 0.25) is 5.02 Å². The molecule has 94 valence electrons. The zero-order chi connectivity index (χ0) is 12.3. The molecule has 2 rings (SSSR count). The highest BCUT2D eigenvalue weighted by atomic mass is 35.5. The number of halogens is 2. The molecule has 0 aliphatic heterocycles. The van der Waals surface area contributed by atoms with E-state index in [4.69, 9.17) is 23.2 Å². The van der Waals surface area contributed by atoms with E-state index >= 15 is 0 Å². The minimum Gasteiger partial charge on any atom is -0.359 e. The Balaban J connectivity index is 2.04. The molecule has 0 aromatic carbocycles. The van der Waals surface area contributed by atoms with Gasteiger partial charge in [-0.05, 0) is 30.4 Å². The molecule has 1 fully saturated rings. The first-order valence-electron chi connectivity index (χ1n) is 6.12. The summed E-state index contributed by atoms with van der Waals surface area (Å²) in [6.07, 6.45) is 7.14. The van der Waals surface area contributed by atoms with E-state index in [-0.39, 0.29) is 0 Å². The fourth-order valence-corrected chi connectivity index (χ4v) is 2.91. The van der Waals surface area contributed by atoms with Gasteiger partial charge in [0, 0.05) is 25.7 Å². The molecule has 1 heterocycles. The zero-order valence-corrected chi connectivity index (χ0v) is 11.6. The van der Waals surface area contributed by atoms with E-state index < -0.39 is 0 Å². The first-order chi connectivity index (χ1) is 8.20. The van der Waals surface area contributed by atoms with E-state index in [0.717, 1.165) is 23.8 Å². The lowest BCUT2D eigenvalue weighted by Gasteiger charge is -2.22. The molecule has 1 aliphatic carbocycles. The van der Waals surface area contributed by atoms with Gasteiger partial charge in [0.05, 0.1) is 5.02 Å². The molecule has 1 aromatic rings. The Morgan fingerprint density at radius 3 is 2.76 bits per heavy atom. The number of nitrogens with zero attached hydrogens (tertiary/aromatic N) is 2. The molecule has 17 heavy (non-hydrogen) atoms. The molecule has 0 unspecified atom stereocenters. The van der Waals surface area contributed by atoms with Crippen molar-refractivity contribution in [3.05, 3.63) is 22.8 Å². The highest BCUT2D eigenvalue weighted by Gasteiger charge is 2.17. The van der Waals surface area contributed by atoms with E-state index in [1.54, 1.807) is 6.20 Å². The van der Waals surface area contributed by atoms with Gasteiger partial charge >= 0.3 is 0 Å². The van der Waals surface area contributed by atoms with Crippen molar-refractivity contribution in [2.24, 2.45) is 5.92 Å². The van der Waals surface area contributed by atoms with Gasteiger partial charge in [-0.2, -0.15) is 0 Å². The molecule has 0 radical (unpaired) electrons. The van der Waals surface area contributed by atoms with Crippen molar-refractivity contribution in [3.63, 3.8) is 0 Å². The highest BCUT2D eigenvalue weighted by molar-refractivity contribution is 6.32. The second kappa shape index (κ2) is 5.92. The largest absolute Gasteiger partial charge is 0.359 e. The number of rotatable bonds is 4. The third-order valence-electron chi connectivity index (χ3n) is 3.46. The molecule has 1 saturated carbocycles. The van der Waals surface area contributed by atoms with Gasteiger partial charge in [-0.3, -0.25) is 0 Å². The summed E-state index contributed by atoms with van der Waals surface area (Å²) in [6.45, 7) is 1.08. The van der Waals surface area contributed by atoms with Crippen molar-refractivity contribution < 1.29 is 0 Å². The molecular formula is C13H18Cl2N2. The Morgan fingerprint density at radius 2 is 2.12 bits per heavy atom. The number of alkyl halides is 1. The topological polar surface area (TPSA) is 16.1 Å². The zero-order valence-electron chi connectivity index (χ0n) is 10.1. The summed E-state index contributed by atoms with van der Waals surface area (Å²) in [7, 11) is 2.09. The molecule has 1 aliphatic rings. The summed E-state index contributed by atoms with van der Waals surface area (Å²) in [5, 5.41) is 0.651. The van der Waals surface area contributed by atoms with Crippen LogP contribution < -0.4 is 4.90 Å². The lowest BCUT2D eigenvalue weighted by Crippen LogP contribution is -2.24. The molecule has 0 bridgehead atoms. The maximum absolute atomic E-state index is 6.01. The molecule has 0 amide bonds. The van der Waals surface area contributed by atoms with Gasteiger partial charge in [-0.1, -0.05) is 24.4 Å². The van der Waals surface area contributed by atoms with Crippen LogP contribution in [0.5, 0.6) is 0 Å². The van der Waals surface area contributed by atoms with Gasteiger partial charge in [-0.15, -0.1) is 11.6 Å². The fourth-order valence-electron chi connectivity index (χ4n) is 2.45. The quantitative estimate of drug-likeness (QED) is 0.768. The predicted octanol–water partition coefficient (Wildman–Crippen LogP) is 4.10. The van der Waals surface area contributed by atoms with E-state index in [9.17, 15) is 0 Å². The van der Waals surface area contributed by atoms with E-state index in [1.807, 2.05) is 6.07 Å². The molecule has 0 saturated heterocycles. The van der Waals surface area contributed by atoms with Crippen LogP contribution in [0.1, 0.15) is 31.2 Å². The minimum absolute atomic E-state index is 0.436. The van der Waals surface area contributed by atoms with Gasteiger partial charge in [0.25, 0.3) is 0 Å². The van der Waals surface area contributed by atoms with Crippen molar-refractivity contribution in [2.45, 2.75) is 31.6 Å². The molecule has 0 N–H and O–H groups in total. The molecular weight excluding hydrogens is 255 g/mol. The minimum atomic E-state index is 0.436. The van der Waals surface area contributed by atoms with Gasteiger partial charge < -0.3 is 4.90 Å². The highest BCUT2D eigenvalue weighted by Crippen LogP contribution is 2.27. The Bertz CT molecular complexity index is 376. The monoisotopic (exact) mass is 272 g/mol. The van der Waals surface area contributed by atoms with E-state index in [0.29, 0.717) is 10.9 Å². The lowest BCUT2D eigenvalue weighted by atomic mass is 10.1. The van der Waals surface area contributed by atoms with Crippen LogP contribution in [-0.4, -0.2) is 18.6 Å². The van der Waals surface area contributed by atoms with Crippen LogP contribution in [-0.2, 0) is 5.88 Å². The summed E-state index contributed by atoms with van der Waals surface area (Å²) in [5.74, 6) is 2.22. The predicted molar refractivity (Wildman–Crippen MR) is 74.0 cm³/mol. The van der Waals surface area contributed by atoms with Gasteiger partial charge in [0.1, 0.15) is 5.82 Å². The van der Waals surface area contributed by atoms with Crippen LogP contribution in [0, 0.1) is 5.92 Å². The maximum Gasteiger partial charge on any atom is 0.128 e. The van der Waals surface area contributed by atoms with Gasteiger partial charge in [-0.25, -0.2) is 4.98 Å². The molecule has 2 nitrogen and oxygen atoms in total. The standard InChI is InChI=1S/C13H18Cl2N2/c1-17(9-10-4-2-3-5-10)13-6-11(7-14)12(15)8-16-13/h6,8,10H,2-5,7,9H2,1H3. The van der Waals surface area contributed by atoms with Crippen molar-refractivity contribution in [3.8, 4) is 0 Å². The first kappa shape index (κ1) is 13.0. The number of anilines is 1. The Kier molecular flexibility index (Phi) is 4.52. The van der Waals surface area contributed by atoms with Crippen LogP contribution in [0.25, 0.3) is 0 Å². The van der Waals surface area contributed by atoms with Crippen molar-refractivity contribution >= 4 is 29.0 Å². The summed E-state index contributed by atoms with van der Waals surface area (Å²) in [6, 6.07) is 1.99. The summed E-state index contributed by atoms with van der Waals surface area (Å²) >= 11 is 11.9. The molecule has 1 aromatic heterocycles. The smallest absolute Gasteiger partial charge is 0.128 e. The SMILES string of the molecule is CN(CC1CCCC1)c1cc(CCl)c(Cl)cn1. The molecule has 0 atom stereocenters. The van der Waals surface area contributed by atoms with Gasteiger partial charge in [0.2, 0.25) is 0 Å². The summed E-state index contributed by atoms with van der Waals surface area (Å²) in [5.41, 5.74) is 0.955. The average Bonchev–Trinajstić information content (AvgIpc) is 2.82. The second-order valence-corrected chi connectivity index (χ2v) is 5.47. The summed E-state index contributed by atoms with van der Waals surface area (Å²) in [4.78, 5) is 6.57. The van der Waals surface area contributed by atoms with Gasteiger partial charge in [0.15, 0.2) is 0 Å². The van der Waals surface area contributed by atoms with Crippen LogP contribution in [0.4, 0.5) is 5.82 Å². The third kappa shape index (κ3) is 3.26. The van der Waals surface area contributed by atoms with Crippen molar-refractivity contribution in [2.75, 3.05) is 18.5 Å². The lowest BCUT2D eigenvalue weighted by molar-refractivity contribution is 0.545. The van der Waals surface area contributed by atoms with Crippen LogP contribution in [0.3, 0.4) is 0 Å². The fraction of sp³-hybridized carbons (Fsp3) is 0.615.